The first-order valence-corrected chi connectivity index (χ1v) is 10.8. The Hall–Kier alpha value is -4.27. The van der Waals surface area contributed by atoms with Crippen molar-refractivity contribution >= 4 is 17.3 Å². The summed E-state index contributed by atoms with van der Waals surface area (Å²) < 4.78 is 1.89. The largest absolute Gasteiger partial charge is 0.384 e. The lowest BCUT2D eigenvalue weighted by molar-refractivity contribution is 0.0951. The first-order valence-electron chi connectivity index (χ1n) is 10.8. The van der Waals surface area contributed by atoms with Gasteiger partial charge in [-0.3, -0.25) is 4.79 Å². The van der Waals surface area contributed by atoms with E-state index in [0.717, 1.165) is 30.0 Å². The van der Waals surface area contributed by atoms with E-state index in [1.807, 2.05) is 41.9 Å². The molecular formula is C24H24N8O. The van der Waals surface area contributed by atoms with Crippen LogP contribution in [0.5, 0.6) is 0 Å². The standard InChI is InChI=1S/C24H24N8O/c1-32-22(30-31-23(32)21-8-9-25-15-29-21)14-27-19-4-2-3-18(12-19)24(33)28-13-16-5-6-20-17(11-16)7-10-26-20/h2-6,8-9,11-12,15,26-27H,7,10,13-14H2,1H3,(H,28,33). The maximum absolute atomic E-state index is 12.7. The number of hydrogen-bond donors (Lipinski definition) is 3. The van der Waals surface area contributed by atoms with Gasteiger partial charge in [0.25, 0.3) is 5.91 Å². The normalized spacial score (nSPS) is 12.2. The minimum atomic E-state index is -0.109. The monoisotopic (exact) mass is 440 g/mol. The predicted molar refractivity (Wildman–Crippen MR) is 126 cm³/mol. The highest BCUT2D eigenvalue weighted by Gasteiger charge is 2.13. The van der Waals surface area contributed by atoms with E-state index in [2.05, 4.69) is 48.2 Å². The minimum Gasteiger partial charge on any atom is -0.384 e. The topological polar surface area (TPSA) is 110 Å². The van der Waals surface area contributed by atoms with Crippen molar-refractivity contribution in [2.75, 3.05) is 17.2 Å². The van der Waals surface area contributed by atoms with E-state index in [1.165, 1.54) is 17.6 Å². The third kappa shape index (κ3) is 4.52. The Morgan fingerprint density at radius 3 is 2.94 bits per heavy atom. The van der Waals surface area contributed by atoms with Gasteiger partial charge in [-0.25, -0.2) is 9.97 Å². The van der Waals surface area contributed by atoms with E-state index in [4.69, 9.17) is 0 Å². The molecule has 0 radical (unpaired) electrons. The minimum absolute atomic E-state index is 0.109. The Labute approximate surface area is 191 Å². The Balaban J connectivity index is 1.21. The maximum Gasteiger partial charge on any atom is 0.251 e. The summed E-state index contributed by atoms with van der Waals surface area (Å²) in [5.41, 5.74) is 5.74. The maximum atomic E-state index is 12.7. The third-order valence-corrected chi connectivity index (χ3v) is 5.68. The lowest BCUT2D eigenvalue weighted by atomic mass is 10.1. The van der Waals surface area contributed by atoms with Crippen LogP contribution in [0, 0.1) is 0 Å². The van der Waals surface area contributed by atoms with Crippen molar-refractivity contribution in [2.45, 2.75) is 19.5 Å². The molecule has 1 aliphatic heterocycles. The number of rotatable bonds is 7. The Morgan fingerprint density at radius 2 is 2.06 bits per heavy atom. The first kappa shape index (κ1) is 20.6. The number of nitrogens with one attached hydrogen (secondary N) is 3. The number of carbonyl (C=O) groups excluding carboxylic acids is 1. The molecule has 0 aliphatic carbocycles. The first-order chi connectivity index (χ1) is 16.2. The van der Waals surface area contributed by atoms with Gasteiger partial charge in [0.1, 0.15) is 12.0 Å². The molecule has 0 saturated heterocycles. The summed E-state index contributed by atoms with van der Waals surface area (Å²) in [7, 11) is 1.90. The van der Waals surface area contributed by atoms with Gasteiger partial charge < -0.3 is 20.5 Å². The third-order valence-electron chi connectivity index (χ3n) is 5.68. The second kappa shape index (κ2) is 9.07. The number of carbonyl (C=O) groups is 1. The van der Waals surface area contributed by atoms with Gasteiger partial charge in [-0.15, -0.1) is 10.2 Å². The molecule has 3 heterocycles. The molecule has 1 aliphatic rings. The zero-order valence-corrected chi connectivity index (χ0v) is 18.2. The fraction of sp³-hybridized carbons (Fsp3) is 0.208. The van der Waals surface area contributed by atoms with E-state index in [1.54, 1.807) is 12.3 Å². The summed E-state index contributed by atoms with van der Waals surface area (Å²) in [6.07, 6.45) is 4.18. The number of nitrogens with zero attached hydrogens (tertiary/aromatic N) is 5. The van der Waals surface area contributed by atoms with Crippen LogP contribution in [0.4, 0.5) is 11.4 Å². The molecule has 0 unspecified atom stereocenters. The number of aromatic nitrogens is 5. The fourth-order valence-corrected chi connectivity index (χ4v) is 3.87. The number of hydrogen-bond acceptors (Lipinski definition) is 7. The Morgan fingerprint density at radius 1 is 1.12 bits per heavy atom. The van der Waals surface area contributed by atoms with Gasteiger partial charge in [0, 0.05) is 43.3 Å². The van der Waals surface area contributed by atoms with Crippen molar-refractivity contribution in [3.05, 3.63) is 83.6 Å². The van der Waals surface area contributed by atoms with Gasteiger partial charge in [-0.2, -0.15) is 0 Å². The molecule has 9 nitrogen and oxygen atoms in total. The van der Waals surface area contributed by atoms with Gasteiger partial charge >= 0.3 is 0 Å². The molecule has 0 spiro atoms. The molecule has 9 heteroatoms. The van der Waals surface area contributed by atoms with E-state index >= 15 is 0 Å². The summed E-state index contributed by atoms with van der Waals surface area (Å²) in [6.45, 7) is 1.93. The second-order valence-corrected chi connectivity index (χ2v) is 7.88. The van der Waals surface area contributed by atoms with Crippen molar-refractivity contribution in [2.24, 2.45) is 7.05 Å². The molecule has 3 N–H and O–H groups in total. The number of fused-ring (bicyclic) bond motifs is 1. The van der Waals surface area contributed by atoms with Crippen LogP contribution in [0.2, 0.25) is 0 Å². The zero-order valence-electron chi connectivity index (χ0n) is 18.2. The lowest BCUT2D eigenvalue weighted by Gasteiger charge is -2.10. The molecule has 5 rings (SSSR count). The second-order valence-electron chi connectivity index (χ2n) is 7.88. The molecular weight excluding hydrogens is 416 g/mol. The molecule has 0 saturated carbocycles. The molecule has 33 heavy (non-hydrogen) atoms. The average Bonchev–Trinajstić information content (AvgIpc) is 3.48. The van der Waals surface area contributed by atoms with Crippen LogP contribution in [0.1, 0.15) is 27.3 Å². The highest BCUT2D eigenvalue weighted by atomic mass is 16.1. The zero-order chi connectivity index (χ0) is 22.6. The molecule has 0 bridgehead atoms. The van der Waals surface area contributed by atoms with Crippen molar-refractivity contribution in [1.29, 1.82) is 0 Å². The van der Waals surface area contributed by atoms with Crippen molar-refractivity contribution in [3.63, 3.8) is 0 Å². The SMILES string of the molecule is Cn1c(CNc2cccc(C(=O)NCc3ccc4c(c3)CCN4)c2)nnc1-c1ccncn1. The molecule has 2 aromatic carbocycles. The fourth-order valence-electron chi connectivity index (χ4n) is 3.87. The molecule has 166 valence electrons. The predicted octanol–water partition coefficient (Wildman–Crippen LogP) is 2.78. The number of anilines is 2. The quantitative estimate of drug-likeness (QED) is 0.405. The van der Waals surface area contributed by atoms with Crippen LogP contribution in [-0.2, 0) is 26.6 Å². The van der Waals surface area contributed by atoms with Gasteiger partial charge in [0.15, 0.2) is 11.6 Å². The smallest absolute Gasteiger partial charge is 0.251 e. The van der Waals surface area contributed by atoms with Crippen molar-refractivity contribution in [1.82, 2.24) is 30.0 Å². The van der Waals surface area contributed by atoms with Gasteiger partial charge in [0.05, 0.1) is 6.54 Å². The number of benzene rings is 2. The summed E-state index contributed by atoms with van der Waals surface area (Å²) in [5, 5.41) is 18.2. The summed E-state index contributed by atoms with van der Waals surface area (Å²) in [4.78, 5) is 20.9. The number of amides is 1. The van der Waals surface area contributed by atoms with Crippen LogP contribution in [0.3, 0.4) is 0 Å². The van der Waals surface area contributed by atoms with E-state index in [0.29, 0.717) is 30.2 Å². The van der Waals surface area contributed by atoms with E-state index < -0.39 is 0 Å². The molecule has 2 aromatic heterocycles. The highest BCUT2D eigenvalue weighted by Crippen LogP contribution is 2.23. The summed E-state index contributed by atoms with van der Waals surface area (Å²) in [5.74, 6) is 1.32. The average molecular weight is 441 g/mol. The van der Waals surface area contributed by atoms with Crippen molar-refractivity contribution < 1.29 is 4.79 Å². The molecule has 0 atom stereocenters. The van der Waals surface area contributed by atoms with Crippen molar-refractivity contribution in [3.8, 4) is 11.5 Å². The van der Waals surface area contributed by atoms with Crippen LogP contribution in [0.25, 0.3) is 11.5 Å². The lowest BCUT2D eigenvalue weighted by Crippen LogP contribution is -2.23. The van der Waals surface area contributed by atoms with Crippen LogP contribution < -0.4 is 16.0 Å². The van der Waals surface area contributed by atoms with Gasteiger partial charge in [0.2, 0.25) is 0 Å². The van der Waals surface area contributed by atoms with Crippen LogP contribution in [0.15, 0.2) is 61.1 Å². The molecule has 1 amide bonds. The molecule has 0 fully saturated rings. The molecule has 4 aromatic rings. The summed E-state index contributed by atoms with van der Waals surface area (Å²) in [6, 6.07) is 15.5. The van der Waals surface area contributed by atoms with E-state index in [9.17, 15) is 4.79 Å². The Bertz CT molecular complexity index is 1280. The van der Waals surface area contributed by atoms with Gasteiger partial charge in [-0.1, -0.05) is 18.2 Å². The van der Waals surface area contributed by atoms with E-state index in [-0.39, 0.29) is 5.91 Å². The van der Waals surface area contributed by atoms with Crippen LogP contribution >= 0.6 is 0 Å². The van der Waals surface area contributed by atoms with Gasteiger partial charge in [-0.05, 0) is 47.9 Å². The highest BCUT2D eigenvalue weighted by molar-refractivity contribution is 5.95. The Kier molecular flexibility index (Phi) is 5.67. The van der Waals surface area contributed by atoms with Crippen LogP contribution in [-0.4, -0.2) is 37.2 Å². The summed E-state index contributed by atoms with van der Waals surface area (Å²) >= 11 is 0.